The van der Waals surface area contributed by atoms with Crippen LogP contribution in [0, 0.1) is 0 Å². The van der Waals surface area contributed by atoms with E-state index in [0.717, 1.165) is 32.9 Å². The molecule has 2 aromatic heterocycles. The average molecular weight is 493 g/mol. The van der Waals surface area contributed by atoms with E-state index in [0.29, 0.717) is 9.81 Å². The molecule has 2 nitrogen and oxygen atoms in total. The molecule has 0 spiro atoms. The molecule has 2 heterocycles. The van der Waals surface area contributed by atoms with Gasteiger partial charge in [-0.05, 0) is 35.4 Å². The van der Waals surface area contributed by atoms with Crippen molar-refractivity contribution < 1.29 is 16.5 Å². The minimum Gasteiger partial charge on any atom is -0.789 e. The Bertz CT molecular complexity index is 1080. The van der Waals surface area contributed by atoms with Crippen LogP contribution < -0.4 is 0 Å². The summed E-state index contributed by atoms with van der Waals surface area (Å²) in [5.74, 6) is 0. The normalized spacial score (nSPS) is 11.4. The van der Waals surface area contributed by atoms with Gasteiger partial charge in [0.1, 0.15) is 0 Å². The first-order valence-corrected chi connectivity index (χ1v) is 10.1. The van der Waals surface area contributed by atoms with Crippen LogP contribution in [-0.4, -0.2) is 9.97 Å². The summed E-state index contributed by atoms with van der Waals surface area (Å²) in [6, 6.07) is 19.9. The van der Waals surface area contributed by atoms with E-state index in [-0.39, 0.29) is 16.5 Å². The van der Waals surface area contributed by atoms with Crippen molar-refractivity contribution in [3.63, 3.8) is 0 Å². The second kappa shape index (κ2) is 11.3. The van der Waals surface area contributed by atoms with Crippen molar-refractivity contribution in [1.82, 2.24) is 9.97 Å². The smallest absolute Gasteiger partial charge is 0.0702 e. The quantitative estimate of drug-likeness (QED) is 0.280. The Morgan fingerprint density at radius 2 is 1.03 bits per heavy atom. The number of para-hydroxylation sites is 2. The average Bonchev–Trinajstić information content (AvgIpc) is 2.77. The minimum atomic E-state index is 0. The minimum absolute atomic E-state index is 0. The van der Waals surface area contributed by atoms with Crippen LogP contribution in [0.1, 0.15) is 11.1 Å². The van der Waals surface area contributed by atoms with E-state index >= 15 is 0 Å². The first kappa shape index (κ1) is 23.4. The maximum atomic E-state index is 5.08. The second-order valence-corrected chi connectivity index (χ2v) is 7.15. The van der Waals surface area contributed by atoms with Crippen molar-refractivity contribution in [3.05, 3.63) is 95.0 Å². The van der Waals surface area contributed by atoms with Crippen LogP contribution in [0.2, 0.25) is 0 Å². The Morgan fingerprint density at radius 1 is 0.655 bits per heavy atom. The SMILES string of the molecule is [Ni].[S-]/C=C(\[S-])c1cnc2ccccc2c1.[S-]/C=C(\[S-])c1cnc2ccccc2c1. The van der Waals surface area contributed by atoms with Crippen molar-refractivity contribution in [2.24, 2.45) is 0 Å². The van der Waals surface area contributed by atoms with Crippen LogP contribution in [0.15, 0.2) is 83.9 Å². The summed E-state index contributed by atoms with van der Waals surface area (Å²) in [7, 11) is 0. The Labute approximate surface area is 202 Å². The molecule has 0 aliphatic heterocycles. The van der Waals surface area contributed by atoms with Crippen molar-refractivity contribution in [1.29, 1.82) is 0 Å². The van der Waals surface area contributed by atoms with Crippen molar-refractivity contribution in [2.45, 2.75) is 0 Å². The molecule has 4 rings (SSSR count). The summed E-state index contributed by atoms with van der Waals surface area (Å²) in [5, 5.41) is 5.18. The van der Waals surface area contributed by atoms with Gasteiger partial charge in [0, 0.05) is 39.7 Å². The van der Waals surface area contributed by atoms with Gasteiger partial charge in [0.15, 0.2) is 0 Å². The number of rotatable bonds is 2. The van der Waals surface area contributed by atoms with Crippen LogP contribution >= 0.6 is 0 Å². The molecule has 0 fully saturated rings. The summed E-state index contributed by atoms with van der Waals surface area (Å²) in [5.41, 5.74) is 3.77. The van der Waals surface area contributed by atoms with E-state index in [1.165, 1.54) is 10.8 Å². The third-order valence-electron chi connectivity index (χ3n) is 3.96. The summed E-state index contributed by atoms with van der Waals surface area (Å²) in [4.78, 5) is 9.92. The first-order valence-electron chi connectivity index (χ1n) is 8.31. The zero-order chi connectivity index (χ0) is 19.9. The summed E-state index contributed by atoms with van der Waals surface area (Å²) in [6.45, 7) is 0. The van der Waals surface area contributed by atoms with E-state index < -0.39 is 0 Å². The van der Waals surface area contributed by atoms with E-state index in [1.54, 1.807) is 12.4 Å². The third kappa shape index (κ3) is 6.05. The number of pyridine rings is 2. The Balaban J connectivity index is 0.000000200. The molecule has 29 heavy (non-hydrogen) atoms. The zero-order valence-corrected chi connectivity index (χ0v) is 19.2. The Kier molecular flexibility index (Phi) is 9.15. The fourth-order valence-electron chi connectivity index (χ4n) is 2.55. The van der Waals surface area contributed by atoms with Crippen molar-refractivity contribution in [2.75, 3.05) is 0 Å². The van der Waals surface area contributed by atoms with Gasteiger partial charge >= 0.3 is 0 Å². The molecule has 0 saturated carbocycles. The molecule has 0 aliphatic carbocycles. The summed E-state index contributed by atoms with van der Waals surface area (Å²) < 4.78 is 0. The molecule has 7 heteroatoms. The predicted molar refractivity (Wildman–Crippen MR) is 129 cm³/mol. The zero-order valence-electron chi connectivity index (χ0n) is 14.9. The summed E-state index contributed by atoms with van der Waals surface area (Å²) in [6.07, 6.45) is 3.51. The monoisotopic (exact) mass is 492 g/mol. The Hall–Kier alpha value is -1.89. The maximum Gasteiger partial charge on any atom is 0.0702 e. The maximum absolute atomic E-state index is 5.08. The molecule has 0 atom stereocenters. The molecule has 0 radical (unpaired) electrons. The number of aromatic nitrogens is 2. The van der Waals surface area contributed by atoms with Crippen LogP contribution in [0.5, 0.6) is 0 Å². The molecule has 0 unspecified atom stereocenters. The van der Waals surface area contributed by atoms with Gasteiger partial charge in [0.05, 0.1) is 11.0 Å². The molecule has 0 aliphatic rings. The largest absolute Gasteiger partial charge is 0.789 e. The van der Waals surface area contributed by atoms with Gasteiger partial charge in [-0.2, -0.15) is 9.81 Å². The van der Waals surface area contributed by atoms with Gasteiger partial charge in [-0.25, -0.2) is 10.8 Å². The van der Waals surface area contributed by atoms with E-state index in [4.69, 9.17) is 50.5 Å². The number of nitrogens with zero attached hydrogens (tertiary/aromatic N) is 2. The standard InChI is InChI=1S/2C11H9NS2.Ni/c2*13-7-11(14)9-5-8-3-1-2-4-10(8)12-6-9;/h2*1-7,13-14H;/p-4/b2*11-7-;. The number of hydrogen-bond acceptors (Lipinski definition) is 6. The molecule has 0 N–H and O–H groups in total. The van der Waals surface area contributed by atoms with Gasteiger partial charge in [-0.3, -0.25) is 9.97 Å². The van der Waals surface area contributed by atoms with Crippen LogP contribution in [0.4, 0.5) is 0 Å². The summed E-state index contributed by atoms with van der Waals surface area (Å²) >= 11 is 19.7. The number of hydrogen-bond donors (Lipinski definition) is 0. The van der Waals surface area contributed by atoms with E-state index in [1.807, 2.05) is 60.7 Å². The van der Waals surface area contributed by atoms with Gasteiger partial charge in [-0.1, -0.05) is 36.4 Å². The van der Waals surface area contributed by atoms with Crippen LogP contribution in [0.25, 0.3) is 31.6 Å². The molecule has 2 aromatic carbocycles. The molecular weight excluding hydrogens is 479 g/mol. The van der Waals surface area contributed by atoms with Gasteiger partial charge < -0.3 is 50.5 Å². The molecule has 0 bridgehead atoms. The molecule has 4 aromatic rings. The van der Waals surface area contributed by atoms with E-state index in [9.17, 15) is 0 Å². The van der Waals surface area contributed by atoms with E-state index in [2.05, 4.69) is 9.97 Å². The first-order chi connectivity index (χ1) is 13.6. The molecular formula is C22H14N2NiS4-4. The van der Waals surface area contributed by atoms with Crippen molar-refractivity contribution >= 4 is 82.1 Å². The van der Waals surface area contributed by atoms with Gasteiger partial charge in [-0.15, -0.1) is 0 Å². The van der Waals surface area contributed by atoms with Crippen LogP contribution in [-0.2, 0) is 67.0 Å². The third-order valence-corrected chi connectivity index (χ3v) is 5.44. The Morgan fingerprint density at radius 3 is 1.41 bits per heavy atom. The van der Waals surface area contributed by atoms with Crippen molar-refractivity contribution in [3.8, 4) is 0 Å². The topological polar surface area (TPSA) is 25.8 Å². The molecule has 0 saturated heterocycles. The van der Waals surface area contributed by atoms with Crippen LogP contribution in [0.3, 0.4) is 0 Å². The van der Waals surface area contributed by atoms with Gasteiger partial charge in [0.25, 0.3) is 0 Å². The number of benzene rings is 2. The van der Waals surface area contributed by atoms with Gasteiger partial charge in [0.2, 0.25) is 0 Å². The number of fused-ring (bicyclic) bond motifs is 2. The fraction of sp³-hybridized carbons (Fsp3) is 0. The molecule has 0 amide bonds. The molecule has 150 valence electrons. The second-order valence-electron chi connectivity index (χ2n) is 5.80. The fourth-order valence-corrected chi connectivity index (χ4v) is 3.04. The predicted octanol–water partition coefficient (Wildman–Crippen LogP) is 5.25.